The van der Waals surface area contributed by atoms with Crippen molar-refractivity contribution in [1.82, 2.24) is 15.1 Å². The number of rotatable bonds is 7. The molecular formula is C25H28FN3O3. The van der Waals surface area contributed by atoms with Gasteiger partial charge in [0.25, 0.3) is 5.91 Å². The molecule has 3 aromatic rings. The minimum Gasteiger partial charge on any atom is -0.507 e. The summed E-state index contributed by atoms with van der Waals surface area (Å²) in [7, 11) is 0. The van der Waals surface area contributed by atoms with Crippen LogP contribution in [-0.2, 0) is 4.74 Å². The van der Waals surface area contributed by atoms with Gasteiger partial charge < -0.3 is 14.7 Å². The third-order valence-electron chi connectivity index (χ3n) is 5.93. The van der Waals surface area contributed by atoms with Crippen LogP contribution in [0.15, 0.2) is 36.4 Å². The highest BCUT2D eigenvalue weighted by Gasteiger charge is 2.43. The summed E-state index contributed by atoms with van der Waals surface area (Å²) in [4.78, 5) is 15.0. The van der Waals surface area contributed by atoms with Crippen molar-refractivity contribution in [2.75, 3.05) is 13.2 Å². The van der Waals surface area contributed by atoms with Crippen LogP contribution in [0, 0.1) is 19.7 Å². The van der Waals surface area contributed by atoms with E-state index in [9.17, 15) is 14.3 Å². The summed E-state index contributed by atoms with van der Waals surface area (Å²) >= 11 is 0. The number of H-pyrrole nitrogens is 1. The molecule has 0 saturated carbocycles. The maximum atomic E-state index is 14.9. The smallest absolute Gasteiger partial charge is 0.273 e. The number of phenols is 1. The second kappa shape index (κ2) is 8.74. The predicted molar refractivity (Wildman–Crippen MR) is 120 cm³/mol. The third-order valence-corrected chi connectivity index (χ3v) is 5.93. The number of carbonyl (C=O) groups excluding carboxylic acids is 1. The van der Waals surface area contributed by atoms with Crippen LogP contribution in [0.3, 0.4) is 0 Å². The fraction of sp³-hybridized carbons (Fsp3) is 0.360. The normalized spacial score (nSPS) is 15.6. The molecular weight excluding hydrogens is 409 g/mol. The monoisotopic (exact) mass is 437 g/mol. The van der Waals surface area contributed by atoms with Crippen LogP contribution < -0.4 is 0 Å². The Morgan fingerprint density at radius 2 is 1.94 bits per heavy atom. The summed E-state index contributed by atoms with van der Waals surface area (Å²) in [6.45, 7) is 8.70. The number of ether oxygens (including phenoxy) is 1. The van der Waals surface area contributed by atoms with Crippen LogP contribution in [0.25, 0.3) is 11.3 Å². The number of nitrogens with zero attached hydrogens (tertiary/aromatic N) is 2. The number of hydrogen-bond acceptors (Lipinski definition) is 4. The topological polar surface area (TPSA) is 78.5 Å². The van der Waals surface area contributed by atoms with Crippen molar-refractivity contribution in [2.45, 2.75) is 46.3 Å². The molecule has 0 bridgehead atoms. The number of amides is 1. The van der Waals surface area contributed by atoms with E-state index in [-0.39, 0.29) is 17.8 Å². The molecule has 32 heavy (non-hydrogen) atoms. The van der Waals surface area contributed by atoms with Crippen molar-refractivity contribution < 1.29 is 19.0 Å². The second-order valence-corrected chi connectivity index (χ2v) is 8.51. The standard InChI is InChI=1S/C25H28FN3O3/c1-14(2)32-11-7-10-29-24(17-8-5-6-9-19(17)26)21-22(27-28-23(21)25(29)31)18-12-15(3)16(4)13-20(18)30/h5-6,8-9,12-14,24,30H,7,10-11H2,1-4H3,(H,27,28)/t24-/m0/s1. The van der Waals surface area contributed by atoms with Crippen LogP contribution in [0.1, 0.15) is 59.1 Å². The van der Waals surface area contributed by atoms with Crippen LogP contribution in [0.4, 0.5) is 4.39 Å². The van der Waals surface area contributed by atoms with E-state index in [0.29, 0.717) is 47.7 Å². The second-order valence-electron chi connectivity index (χ2n) is 8.51. The van der Waals surface area contributed by atoms with E-state index >= 15 is 0 Å². The Bertz CT molecular complexity index is 1160. The Morgan fingerprint density at radius 1 is 1.22 bits per heavy atom. The van der Waals surface area contributed by atoms with Gasteiger partial charge in [0.2, 0.25) is 0 Å². The van der Waals surface area contributed by atoms with Crippen molar-refractivity contribution in [1.29, 1.82) is 0 Å². The number of aromatic nitrogens is 2. The molecule has 2 heterocycles. The number of nitrogens with one attached hydrogen (secondary N) is 1. The van der Waals surface area contributed by atoms with Gasteiger partial charge in [-0.05, 0) is 63.4 Å². The molecule has 1 atom stereocenters. The van der Waals surface area contributed by atoms with E-state index in [1.54, 1.807) is 29.2 Å². The molecule has 0 aliphatic carbocycles. The Kier molecular flexibility index (Phi) is 6.02. The zero-order chi connectivity index (χ0) is 23.0. The first-order valence-corrected chi connectivity index (χ1v) is 10.9. The molecule has 1 aliphatic rings. The van der Waals surface area contributed by atoms with Gasteiger partial charge >= 0.3 is 0 Å². The van der Waals surface area contributed by atoms with Gasteiger partial charge in [0.15, 0.2) is 0 Å². The molecule has 168 valence electrons. The molecule has 6 nitrogen and oxygen atoms in total. The predicted octanol–water partition coefficient (Wildman–Crippen LogP) is 4.90. The summed E-state index contributed by atoms with van der Waals surface area (Å²) in [5.41, 5.74) is 4.23. The zero-order valence-electron chi connectivity index (χ0n) is 18.8. The molecule has 7 heteroatoms. The molecule has 4 rings (SSSR count). The SMILES string of the molecule is Cc1cc(O)c(-c2n[nH]c3c2[C@H](c2ccccc2F)N(CCCOC(C)C)C3=O)cc1C. The van der Waals surface area contributed by atoms with E-state index in [1.165, 1.54) is 6.07 Å². The molecule has 1 aromatic heterocycles. The number of fused-ring (bicyclic) bond motifs is 1. The van der Waals surface area contributed by atoms with Crippen molar-refractivity contribution >= 4 is 5.91 Å². The van der Waals surface area contributed by atoms with Crippen LogP contribution in [-0.4, -0.2) is 45.4 Å². The molecule has 1 amide bonds. The molecule has 0 spiro atoms. The number of benzene rings is 2. The maximum absolute atomic E-state index is 14.9. The lowest BCUT2D eigenvalue weighted by atomic mass is 9.94. The summed E-state index contributed by atoms with van der Waals surface area (Å²) in [5, 5.41) is 17.9. The van der Waals surface area contributed by atoms with Crippen LogP contribution in [0.2, 0.25) is 0 Å². The van der Waals surface area contributed by atoms with Gasteiger partial charge in [0.1, 0.15) is 23.0 Å². The number of halogens is 1. The lowest BCUT2D eigenvalue weighted by Crippen LogP contribution is -2.31. The molecule has 0 saturated heterocycles. The minimum atomic E-state index is -0.646. The average molecular weight is 438 g/mol. The number of carbonyl (C=O) groups is 1. The molecule has 2 N–H and O–H groups in total. The highest BCUT2D eigenvalue weighted by molar-refractivity contribution is 6.00. The number of phenolic OH excluding ortho intramolecular Hbond substituents is 1. The first-order chi connectivity index (χ1) is 15.3. The molecule has 2 aromatic carbocycles. The number of aromatic amines is 1. The first kappa shape index (κ1) is 22.0. The summed E-state index contributed by atoms with van der Waals surface area (Å²) in [6, 6.07) is 9.36. The van der Waals surface area contributed by atoms with E-state index < -0.39 is 11.9 Å². The van der Waals surface area contributed by atoms with Gasteiger partial charge in [-0.2, -0.15) is 5.10 Å². The van der Waals surface area contributed by atoms with Crippen molar-refractivity contribution in [2.24, 2.45) is 0 Å². The molecule has 1 aliphatic heterocycles. The van der Waals surface area contributed by atoms with Crippen molar-refractivity contribution in [3.63, 3.8) is 0 Å². The van der Waals surface area contributed by atoms with E-state index in [1.807, 2.05) is 33.8 Å². The lowest BCUT2D eigenvalue weighted by Gasteiger charge is -2.27. The van der Waals surface area contributed by atoms with E-state index in [2.05, 4.69) is 10.2 Å². The van der Waals surface area contributed by atoms with Gasteiger partial charge in [0.05, 0.1) is 12.1 Å². The Hall–Kier alpha value is -3.19. The Labute approximate surface area is 187 Å². The van der Waals surface area contributed by atoms with Gasteiger partial charge in [-0.15, -0.1) is 0 Å². The molecule has 0 unspecified atom stereocenters. The van der Waals surface area contributed by atoms with Crippen LogP contribution in [0.5, 0.6) is 5.75 Å². The number of aromatic hydroxyl groups is 1. The van der Waals surface area contributed by atoms with Crippen molar-refractivity contribution in [3.05, 3.63) is 70.2 Å². The van der Waals surface area contributed by atoms with E-state index in [4.69, 9.17) is 4.74 Å². The van der Waals surface area contributed by atoms with Gasteiger partial charge in [-0.25, -0.2) is 4.39 Å². The Balaban J connectivity index is 1.80. The fourth-order valence-electron chi connectivity index (χ4n) is 4.20. The zero-order valence-corrected chi connectivity index (χ0v) is 18.8. The number of aryl methyl sites for hydroxylation is 2. The third kappa shape index (κ3) is 3.88. The summed E-state index contributed by atoms with van der Waals surface area (Å²) in [6.07, 6.45) is 0.722. The molecule has 0 fully saturated rings. The summed E-state index contributed by atoms with van der Waals surface area (Å²) in [5.74, 6) is -0.552. The van der Waals surface area contributed by atoms with E-state index in [0.717, 1.165) is 11.1 Å². The molecule has 0 radical (unpaired) electrons. The van der Waals surface area contributed by atoms with Gasteiger partial charge in [-0.1, -0.05) is 18.2 Å². The maximum Gasteiger partial charge on any atom is 0.273 e. The van der Waals surface area contributed by atoms with Crippen LogP contribution >= 0.6 is 0 Å². The Morgan fingerprint density at radius 3 is 2.66 bits per heavy atom. The van der Waals surface area contributed by atoms with Gasteiger partial charge in [0, 0.05) is 29.8 Å². The quantitative estimate of drug-likeness (QED) is 0.516. The van der Waals surface area contributed by atoms with Gasteiger partial charge in [-0.3, -0.25) is 9.89 Å². The largest absolute Gasteiger partial charge is 0.507 e. The fourth-order valence-corrected chi connectivity index (χ4v) is 4.20. The minimum absolute atomic E-state index is 0.0749. The average Bonchev–Trinajstić information content (AvgIpc) is 3.28. The van der Waals surface area contributed by atoms with Crippen molar-refractivity contribution in [3.8, 4) is 17.0 Å². The lowest BCUT2D eigenvalue weighted by molar-refractivity contribution is 0.0599. The number of hydrogen-bond donors (Lipinski definition) is 2. The summed E-state index contributed by atoms with van der Waals surface area (Å²) < 4.78 is 20.6. The first-order valence-electron chi connectivity index (χ1n) is 10.9. The highest BCUT2D eigenvalue weighted by Crippen LogP contribution is 2.45. The highest BCUT2D eigenvalue weighted by atomic mass is 19.1.